The fraction of sp³-hybridized carbons (Fsp3) is 0.409. The Bertz CT molecular complexity index is 783. The molecule has 1 aliphatic heterocycles. The second-order valence-corrected chi connectivity index (χ2v) is 8.81. The Kier molecular flexibility index (Phi) is 5.61. The number of hydrogen-bond acceptors (Lipinski definition) is 3. The van der Waals surface area contributed by atoms with E-state index in [4.69, 9.17) is 4.74 Å². The Hall–Kier alpha value is -1.94. The average Bonchev–Trinajstić information content (AvgIpc) is 2.55. The third kappa shape index (κ3) is 4.82. The number of thioether (sulfide) groups is 1. The molecule has 3 nitrogen and oxygen atoms in total. The van der Waals surface area contributed by atoms with Gasteiger partial charge in [0, 0.05) is 29.1 Å². The zero-order valence-electron chi connectivity index (χ0n) is 16.0. The van der Waals surface area contributed by atoms with E-state index in [0.29, 0.717) is 6.42 Å². The van der Waals surface area contributed by atoms with Crippen molar-refractivity contribution in [3.8, 4) is 5.75 Å². The normalized spacial score (nSPS) is 17.9. The molecule has 0 bridgehead atoms. The molecule has 0 aliphatic carbocycles. The largest absolute Gasteiger partial charge is 0.487 e. The number of amides is 1. The number of carbonyl (C=O) groups excluding carboxylic acids is 1. The molecule has 2 aromatic rings. The van der Waals surface area contributed by atoms with Gasteiger partial charge in [0.15, 0.2) is 0 Å². The molecule has 0 saturated carbocycles. The molecule has 26 heavy (non-hydrogen) atoms. The maximum Gasteiger partial charge on any atom is 0.221 e. The first kappa shape index (κ1) is 18.8. The standard InChI is InChI=1S/C22H27NO2S/c1-15-5-8-17(9-6-15)26-12-11-21(24)23-19-14-22(3,4)25-20-13-16(2)7-10-18(19)20/h5-10,13,19H,11-12,14H2,1-4H3,(H,23,24). The van der Waals surface area contributed by atoms with Crippen LogP contribution in [0.1, 0.15) is 49.4 Å². The Morgan fingerprint density at radius 2 is 1.85 bits per heavy atom. The molecule has 0 aromatic heterocycles. The van der Waals surface area contributed by atoms with Crippen molar-refractivity contribution in [2.75, 3.05) is 5.75 Å². The van der Waals surface area contributed by atoms with Gasteiger partial charge in [0.2, 0.25) is 5.91 Å². The zero-order chi connectivity index (χ0) is 18.7. The van der Waals surface area contributed by atoms with Crippen LogP contribution in [0.25, 0.3) is 0 Å². The number of rotatable bonds is 5. The van der Waals surface area contributed by atoms with E-state index in [1.54, 1.807) is 11.8 Å². The second kappa shape index (κ2) is 7.75. The zero-order valence-corrected chi connectivity index (χ0v) is 16.8. The van der Waals surface area contributed by atoms with Crippen LogP contribution in [-0.2, 0) is 4.79 Å². The number of nitrogens with one attached hydrogen (secondary N) is 1. The van der Waals surface area contributed by atoms with E-state index in [0.717, 1.165) is 23.5 Å². The summed E-state index contributed by atoms with van der Waals surface area (Å²) in [4.78, 5) is 13.7. The second-order valence-electron chi connectivity index (χ2n) is 7.64. The van der Waals surface area contributed by atoms with Crippen LogP contribution in [0.2, 0.25) is 0 Å². The SMILES string of the molecule is Cc1ccc(SCCC(=O)NC2CC(C)(C)Oc3cc(C)ccc32)cc1. The Morgan fingerprint density at radius 1 is 1.15 bits per heavy atom. The van der Waals surface area contributed by atoms with E-state index in [1.165, 1.54) is 16.0 Å². The highest BCUT2D eigenvalue weighted by Gasteiger charge is 2.34. The summed E-state index contributed by atoms with van der Waals surface area (Å²) in [5, 5.41) is 3.21. The number of benzene rings is 2. The highest BCUT2D eigenvalue weighted by molar-refractivity contribution is 7.99. The summed E-state index contributed by atoms with van der Waals surface area (Å²) in [5.74, 6) is 1.77. The summed E-state index contributed by atoms with van der Waals surface area (Å²) in [6, 6.07) is 14.6. The lowest BCUT2D eigenvalue weighted by Crippen LogP contribution is -2.41. The van der Waals surface area contributed by atoms with Crippen molar-refractivity contribution in [2.24, 2.45) is 0 Å². The van der Waals surface area contributed by atoms with Crippen molar-refractivity contribution in [1.29, 1.82) is 0 Å². The van der Waals surface area contributed by atoms with E-state index in [-0.39, 0.29) is 17.6 Å². The van der Waals surface area contributed by atoms with Crippen LogP contribution >= 0.6 is 11.8 Å². The van der Waals surface area contributed by atoms with Gasteiger partial charge in [-0.15, -0.1) is 11.8 Å². The molecular formula is C22H27NO2S. The predicted molar refractivity (Wildman–Crippen MR) is 108 cm³/mol. The van der Waals surface area contributed by atoms with Gasteiger partial charge in [-0.2, -0.15) is 0 Å². The van der Waals surface area contributed by atoms with Crippen LogP contribution in [0.5, 0.6) is 5.75 Å². The predicted octanol–water partition coefficient (Wildman–Crippen LogP) is 5.20. The van der Waals surface area contributed by atoms with Gasteiger partial charge in [0.25, 0.3) is 0 Å². The number of fused-ring (bicyclic) bond motifs is 1. The Labute approximate surface area is 160 Å². The van der Waals surface area contributed by atoms with Crippen molar-refractivity contribution >= 4 is 17.7 Å². The summed E-state index contributed by atoms with van der Waals surface area (Å²) in [7, 11) is 0. The molecule has 1 aliphatic rings. The van der Waals surface area contributed by atoms with Gasteiger partial charge in [-0.05, 0) is 51.5 Å². The molecule has 4 heteroatoms. The monoisotopic (exact) mass is 369 g/mol. The van der Waals surface area contributed by atoms with Gasteiger partial charge in [-0.3, -0.25) is 4.79 Å². The molecule has 3 rings (SSSR count). The lowest BCUT2D eigenvalue weighted by atomic mass is 9.89. The molecule has 0 spiro atoms. The molecule has 1 heterocycles. The van der Waals surface area contributed by atoms with Crippen LogP contribution in [0.15, 0.2) is 47.4 Å². The highest BCUT2D eigenvalue weighted by Crippen LogP contribution is 2.39. The summed E-state index contributed by atoms with van der Waals surface area (Å²) >= 11 is 1.72. The first-order valence-corrected chi connectivity index (χ1v) is 10.1. The Balaban J connectivity index is 1.59. The molecule has 138 valence electrons. The maximum absolute atomic E-state index is 12.5. The summed E-state index contributed by atoms with van der Waals surface area (Å²) in [6.45, 7) is 8.28. The van der Waals surface area contributed by atoms with Crippen molar-refractivity contribution < 1.29 is 9.53 Å². The van der Waals surface area contributed by atoms with E-state index in [1.807, 2.05) is 0 Å². The first-order chi connectivity index (χ1) is 12.3. The van der Waals surface area contributed by atoms with Gasteiger partial charge in [0.1, 0.15) is 11.4 Å². The van der Waals surface area contributed by atoms with Gasteiger partial charge in [0.05, 0.1) is 6.04 Å². The topological polar surface area (TPSA) is 38.3 Å². The molecule has 2 aromatic carbocycles. The molecular weight excluding hydrogens is 342 g/mol. The molecule has 1 amide bonds. The van der Waals surface area contributed by atoms with E-state index in [9.17, 15) is 4.79 Å². The third-order valence-corrected chi connectivity index (χ3v) is 5.59. The maximum atomic E-state index is 12.5. The van der Waals surface area contributed by atoms with Crippen LogP contribution in [-0.4, -0.2) is 17.3 Å². The lowest BCUT2D eigenvalue weighted by Gasteiger charge is -2.38. The van der Waals surface area contributed by atoms with E-state index >= 15 is 0 Å². The number of hydrogen-bond donors (Lipinski definition) is 1. The molecule has 0 saturated heterocycles. The minimum absolute atomic E-state index is 0.00576. The van der Waals surface area contributed by atoms with E-state index in [2.05, 4.69) is 75.5 Å². The molecule has 0 fully saturated rings. The first-order valence-electron chi connectivity index (χ1n) is 9.11. The lowest BCUT2D eigenvalue weighted by molar-refractivity contribution is -0.121. The van der Waals surface area contributed by atoms with Crippen molar-refractivity contribution in [3.05, 3.63) is 59.2 Å². The fourth-order valence-electron chi connectivity index (χ4n) is 3.25. The van der Waals surface area contributed by atoms with Crippen molar-refractivity contribution in [3.63, 3.8) is 0 Å². The van der Waals surface area contributed by atoms with Crippen molar-refractivity contribution in [2.45, 2.75) is 57.1 Å². The highest BCUT2D eigenvalue weighted by atomic mass is 32.2. The van der Waals surface area contributed by atoms with Gasteiger partial charge < -0.3 is 10.1 Å². The molecule has 1 unspecified atom stereocenters. The van der Waals surface area contributed by atoms with E-state index < -0.39 is 0 Å². The smallest absolute Gasteiger partial charge is 0.221 e. The molecule has 1 N–H and O–H groups in total. The van der Waals surface area contributed by atoms with Crippen LogP contribution < -0.4 is 10.1 Å². The average molecular weight is 370 g/mol. The Morgan fingerprint density at radius 3 is 2.58 bits per heavy atom. The minimum Gasteiger partial charge on any atom is -0.487 e. The number of carbonyl (C=O) groups is 1. The van der Waals surface area contributed by atoms with Crippen LogP contribution in [0.4, 0.5) is 0 Å². The summed E-state index contributed by atoms with van der Waals surface area (Å²) < 4.78 is 6.11. The van der Waals surface area contributed by atoms with Crippen LogP contribution in [0, 0.1) is 13.8 Å². The van der Waals surface area contributed by atoms with Gasteiger partial charge >= 0.3 is 0 Å². The van der Waals surface area contributed by atoms with Gasteiger partial charge in [-0.1, -0.05) is 29.8 Å². The third-order valence-electron chi connectivity index (χ3n) is 4.58. The fourth-order valence-corrected chi connectivity index (χ4v) is 4.10. The van der Waals surface area contributed by atoms with Crippen LogP contribution in [0.3, 0.4) is 0 Å². The van der Waals surface area contributed by atoms with Crippen molar-refractivity contribution in [1.82, 2.24) is 5.32 Å². The quantitative estimate of drug-likeness (QED) is 0.736. The summed E-state index contributed by atoms with van der Waals surface area (Å²) in [6.07, 6.45) is 1.29. The number of ether oxygens (including phenoxy) is 1. The van der Waals surface area contributed by atoms with Gasteiger partial charge in [-0.25, -0.2) is 0 Å². The minimum atomic E-state index is -0.282. The summed E-state index contributed by atoms with van der Waals surface area (Å²) in [5.41, 5.74) is 3.22. The number of aryl methyl sites for hydroxylation is 2. The molecule has 1 atom stereocenters. The molecule has 0 radical (unpaired) electrons.